The maximum absolute atomic E-state index is 5.37. The molecule has 158 valence electrons. The highest BCUT2D eigenvalue weighted by molar-refractivity contribution is 5.79. The molecule has 0 fully saturated rings. The lowest BCUT2D eigenvalue weighted by atomic mass is 10.2. The minimum atomic E-state index is 0.552. The summed E-state index contributed by atoms with van der Waals surface area (Å²) in [6, 6.07) is 16.2. The lowest BCUT2D eigenvalue weighted by molar-refractivity contribution is 0.354. The third kappa shape index (κ3) is 6.01. The second-order valence-electron chi connectivity index (χ2n) is 6.77. The van der Waals surface area contributed by atoms with Crippen LogP contribution in [0.2, 0.25) is 0 Å². The van der Waals surface area contributed by atoms with Gasteiger partial charge in [0.2, 0.25) is 0 Å². The van der Waals surface area contributed by atoms with Crippen molar-refractivity contribution in [3.8, 4) is 11.5 Å². The minimum absolute atomic E-state index is 0.552. The summed E-state index contributed by atoms with van der Waals surface area (Å²) >= 11 is 0. The largest absolute Gasteiger partial charge is 0.493 e. The molecule has 30 heavy (non-hydrogen) atoms. The number of nitrogens with one attached hydrogen (secondary N) is 2. The van der Waals surface area contributed by atoms with Gasteiger partial charge in [0.25, 0.3) is 0 Å². The van der Waals surface area contributed by atoms with Crippen LogP contribution in [-0.2, 0) is 19.6 Å². The van der Waals surface area contributed by atoms with Crippen LogP contribution in [0.5, 0.6) is 11.5 Å². The van der Waals surface area contributed by atoms with Gasteiger partial charge in [-0.05, 0) is 30.2 Å². The fourth-order valence-corrected chi connectivity index (χ4v) is 3.03. The van der Waals surface area contributed by atoms with Gasteiger partial charge in [0.1, 0.15) is 0 Å². The second-order valence-corrected chi connectivity index (χ2v) is 6.77. The van der Waals surface area contributed by atoms with Crippen molar-refractivity contribution < 1.29 is 9.47 Å². The molecule has 2 N–H and O–H groups in total. The third-order valence-electron chi connectivity index (χ3n) is 4.55. The van der Waals surface area contributed by atoms with E-state index < -0.39 is 0 Å². The number of guanidine groups is 1. The molecule has 3 rings (SSSR count). The van der Waals surface area contributed by atoms with Gasteiger partial charge in [-0.2, -0.15) is 5.10 Å². The lowest BCUT2D eigenvalue weighted by Crippen LogP contribution is -2.36. The van der Waals surface area contributed by atoms with E-state index >= 15 is 0 Å². The van der Waals surface area contributed by atoms with Crippen LogP contribution in [0.1, 0.15) is 23.6 Å². The summed E-state index contributed by atoms with van der Waals surface area (Å²) in [6.07, 6.45) is 3.90. The number of aromatic nitrogens is 2. The fourth-order valence-electron chi connectivity index (χ4n) is 3.03. The normalized spacial score (nSPS) is 11.2. The van der Waals surface area contributed by atoms with E-state index in [1.807, 2.05) is 60.4 Å². The van der Waals surface area contributed by atoms with E-state index in [0.717, 1.165) is 30.2 Å². The fraction of sp³-hybridized carbons (Fsp3) is 0.304. The monoisotopic (exact) mass is 407 g/mol. The van der Waals surface area contributed by atoms with Gasteiger partial charge in [0.05, 0.1) is 33.5 Å². The Hall–Kier alpha value is -3.48. The van der Waals surface area contributed by atoms with Crippen LogP contribution in [0.3, 0.4) is 0 Å². The minimum Gasteiger partial charge on any atom is -0.493 e. The number of aliphatic imine (C=N–C) groups is 1. The second kappa shape index (κ2) is 10.9. The molecule has 0 aliphatic rings. The van der Waals surface area contributed by atoms with Gasteiger partial charge in [-0.3, -0.25) is 4.68 Å². The van der Waals surface area contributed by atoms with Crippen LogP contribution in [0.4, 0.5) is 0 Å². The van der Waals surface area contributed by atoms with Crippen LogP contribution in [-0.4, -0.2) is 36.5 Å². The first-order valence-corrected chi connectivity index (χ1v) is 10.00. The van der Waals surface area contributed by atoms with Crippen molar-refractivity contribution in [1.29, 1.82) is 0 Å². The molecule has 0 saturated carbocycles. The number of hydrogen-bond donors (Lipinski definition) is 2. The van der Waals surface area contributed by atoms with Crippen LogP contribution in [0.15, 0.2) is 65.9 Å². The van der Waals surface area contributed by atoms with Gasteiger partial charge in [-0.15, -0.1) is 0 Å². The van der Waals surface area contributed by atoms with Crippen molar-refractivity contribution in [2.45, 2.75) is 26.6 Å². The molecule has 1 heterocycles. The molecule has 0 unspecified atom stereocenters. The van der Waals surface area contributed by atoms with E-state index in [9.17, 15) is 0 Å². The summed E-state index contributed by atoms with van der Waals surface area (Å²) in [4.78, 5) is 4.68. The summed E-state index contributed by atoms with van der Waals surface area (Å²) in [6.45, 7) is 4.76. The van der Waals surface area contributed by atoms with Crippen molar-refractivity contribution >= 4 is 5.96 Å². The summed E-state index contributed by atoms with van der Waals surface area (Å²) in [5.41, 5.74) is 3.36. The summed E-state index contributed by atoms with van der Waals surface area (Å²) in [5.74, 6) is 2.18. The summed E-state index contributed by atoms with van der Waals surface area (Å²) < 4.78 is 12.6. The molecule has 0 bridgehead atoms. The van der Waals surface area contributed by atoms with Crippen molar-refractivity contribution in [3.63, 3.8) is 0 Å². The van der Waals surface area contributed by atoms with Crippen LogP contribution in [0.25, 0.3) is 0 Å². The van der Waals surface area contributed by atoms with E-state index in [2.05, 4.69) is 32.9 Å². The van der Waals surface area contributed by atoms with Crippen LogP contribution >= 0.6 is 0 Å². The number of benzene rings is 2. The number of methoxy groups -OCH3 is 2. The highest BCUT2D eigenvalue weighted by Gasteiger charge is 2.06. The standard InChI is InChI=1S/C23H29N5O2/c1-4-24-23(25-13-19-10-11-21(29-2)22(12-19)30-3)26-14-20-15-27-28(17-20)16-18-8-6-5-7-9-18/h5-12,15,17H,4,13-14,16H2,1-3H3,(H2,24,25,26). The van der Waals surface area contributed by atoms with Gasteiger partial charge in [-0.1, -0.05) is 36.4 Å². The molecule has 7 nitrogen and oxygen atoms in total. The van der Waals surface area contributed by atoms with Crippen molar-refractivity contribution in [3.05, 3.63) is 77.6 Å². The molecule has 2 aromatic carbocycles. The smallest absolute Gasteiger partial charge is 0.191 e. The predicted octanol–water partition coefficient (Wildman–Crippen LogP) is 3.20. The average molecular weight is 408 g/mol. The zero-order valence-corrected chi connectivity index (χ0v) is 17.8. The molecule has 0 spiro atoms. The SMILES string of the molecule is CCNC(=NCc1cnn(Cc2ccccc2)c1)NCc1ccc(OC)c(OC)c1. The molecule has 0 aliphatic carbocycles. The Morgan fingerprint density at radius 1 is 0.967 bits per heavy atom. The average Bonchev–Trinajstić information content (AvgIpc) is 3.23. The molecule has 3 aromatic rings. The van der Waals surface area contributed by atoms with Crippen molar-refractivity contribution in [2.75, 3.05) is 20.8 Å². The number of nitrogens with zero attached hydrogens (tertiary/aromatic N) is 3. The Morgan fingerprint density at radius 3 is 2.50 bits per heavy atom. The van der Waals surface area contributed by atoms with E-state index in [1.165, 1.54) is 5.56 Å². The Balaban J connectivity index is 1.59. The third-order valence-corrected chi connectivity index (χ3v) is 4.55. The van der Waals surface area contributed by atoms with Crippen molar-refractivity contribution in [2.24, 2.45) is 4.99 Å². The number of hydrogen-bond acceptors (Lipinski definition) is 4. The molecule has 7 heteroatoms. The van der Waals surface area contributed by atoms with E-state index in [0.29, 0.717) is 24.6 Å². The van der Waals surface area contributed by atoms with E-state index in [-0.39, 0.29) is 0 Å². The summed E-state index contributed by atoms with van der Waals surface area (Å²) in [7, 11) is 3.27. The molecule has 0 saturated heterocycles. The summed E-state index contributed by atoms with van der Waals surface area (Å²) in [5, 5.41) is 11.1. The molecule has 0 atom stereocenters. The van der Waals surface area contributed by atoms with Gasteiger partial charge in [0, 0.05) is 24.8 Å². The number of ether oxygens (including phenoxy) is 2. The van der Waals surface area contributed by atoms with Gasteiger partial charge in [-0.25, -0.2) is 4.99 Å². The zero-order valence-electron chi connectivity index (χ0n) is 17.8. The Bertz CT molecular complexity index is 953. The van der Waals surface area contributed by atoms with Gasteiger partial charge >= 0.3 is 0 Å². The van der Waals surface area contributed by atoms with Crippen LogP contribution in [0, 0.1) is 0 Å². The maximum Gasteiger partial charge on any atom is 0.191 e. The molecule has 0 aliphatic heterocycles. The first-order valence-electron chi connectivity index (χ1n) is 10.00. The molecule has 0 radical (unpaired) electrons. The Morgan fingerprint density at radius 2 is 1.77 bits per heavy atom. The predicted molar refractivity (Wildman–Crippen MR) is 119 cm³/mol. The maximum atomic E-state index is 5.37. The Labute approximate surface area is 177 Å². The first kappa shape index (κ1) is 21.2. The molecular weight excluding hydrogens is 378 g/mol. The van der Waals surface area contributed by atoms with Crippen molar-refractivity contribution in [1.82, 2.24) is 20.4 Å². The topological polar surface area (TPSA) is 72.7 Å². The lowest BCUT2D eigenvalue weighted by Gasteiger charge is -2.13. The first-order chi connectivity index (χ1) is 14.7. The zero-order chi connectivity index (χ0) is 21.2. The van der Waals surface area contributed by atoms with Gasteiger partial charge < -0.3 is 20.1 Å². The molecular formula is C23H29N5O2. The highest BCUT2D eigenvalue weighted by Crippen LogP contribution is 2.27. The molecule has 1 aromatic heterocycles. The number of rotatable bonds is 9. The van der Waals surface area contributed by atoms with Gasteiger partial charge in [0.15, 0.2) is 17.5 Å². The Kier molecular flexibility index (Phi) is 7.71. The quantitative estimate of drug-likeness (QED) is 0.421. The molecule has 0 amide bonds. The highest BCUT2D eigenvalue weighted by atomic mass is 16.5. The van der Waals surface area contributed by atoms with E-state index in [4.69, 9.17) is 9.47 Å². The van der Waals surface area contributed by atoms with Crippen LogP contribution < -0.4 is 20.1 Å². The van der Waals surface area contributed by atoms with E-state index in [1.54, 1.807) is 14.2 Å².